The average molecular weight is 345 g/mol. The van der Waals surface area contributed by atoms with Gasteiger partial charge in [-0.15, -0.1) is 11.6 Å². The van der Waals surface area contributed by atoms with Crippen molar-refractivity contribution in [3.8, 4) is 0 Å². The van der Waals surface area contributed by atoms with E-state index >= 15 is 0 Å². The van der Waals surface area contributed by atoms with Crippen LogP contribution in [0.4, 0.5) is 5.69 Å². The summed E-state index contributed by atoms with van der Waals surface area (Å²) in [6.45, 7) is 6.19. The van der Waals surface area contributed by atoms with Crippen LogP contribution in [0.1, 0.15) is 25.3 Å². The van der Waals surface area contributed by atoms with Gasteiger partial charge in [-0.2, -0.15) is 0 Å². The topological polar surface area (TPSA) is 6.48 Å². The Kier molecular flexibility index (Phi) is 8.14. The maximum atomic E-state index is 6.41. The number of halogens is 1. The number of nitrogens with zero attached hydrogens (tertiary/aromatic N) is 2. The highest BCUT2D eigenvalue weighted by atomic mass is 35.5. The molecule has 0 heterocycles. The molecule has 0 amide bonds. The summed E-state index contributed by atoms with van der Waals surface area (Å²) < 4.78 is 0. The highest BCUT2D eigenvalue weighted by Crippen LogP contribution is 2.13. The van der Waals surface area contributed by atoms with Crippen molar-refractivity contribution in [2.45, 2.75) is 31.7 Å². The van der Waals surface area contributed by atoms with Gasteiger partial charge in [-0.25, -0.2) is 0 Å². The third-order valence-electron chi connectivity index (χ3n) is 4.31. The Bertz CT molecular complexity index is 559. The second-order valence-corrected chi connectivity index (χ2v) is 6.95. The molecule has 0 aliphatic rings. The van der Waals surface area contributed by atoms with Crippen LogP contribution < -0.4 is 4.90 Å². The molecule has 0 saturated heterocycles. The van der Waals surface area contributed by atoms with Crippen molar-refractivity contribution in [3.63, 3.8) is 0 Å². The van der Waals surface area contributed by atoms with Gasteiger partial charge in [0.1, 0.15) is 0 Å². The number of hydrogen-bond donors (Lipinski definition) is 0. The second kappa shape index (κ2) is 10.4. The molecule has 0 spiro atoms. The highest BCUT2D eigenvalue weighted by Gasteiger charge is 2.11. The summed E-state index contributed by atoms with van der Waals surface area (Å²) in [4.78, 5) is 4.80. The Morgan fingerprint density at radius 3 is 2.17 bits per heavy atom. The Morgan fingerprint density at radius 1 is 0.917 bits per heavy atom. The molecule has 0 saturated carbocycles. The molecule has 1 unspecified atom stereocenters. The molecule has 130 valence electrons. The number of hydrogen-bond acceptors (Lipinski definition) is 2. The van der Waals surface area contributed by atoms with Gasteiger partial charge >= 0.3 is 0 Å². The molecular weight excluding hydrogens is 316 g/mol. The quantitative estimate of drug-likeness (QED) is 0.557. The molecule has 0 aliphatic carbocycles. The summed E-state index contributed by atoms with van der Waals surface area (Å²) >= 11 is 6.41. The lowest BCUT2D eigenvalue weighted by Gasteiger charge is -2.26. The van der Waals surface area contributed by atoms with E-state index in [1.807, 2.05) is 0 Å². The van der Waals surface area contributed by atoms with Gasteiger partial charge in [0.05, 0.1) is 0 Å². The molecule has 2 nitrogen and oxygen atoms in total. The molecule has 24 heavy (non-hydrogen) atoms. The van der Waals surface area contributed by atoms with Crippen LogP contribution in [0.5, 0.6) is 0 Å². The van der Waals surface area contributed by atoms with Crippen molar-refractivity contribution >= 4 is 17.3 Å². The molecule has 3 heteroatoms. The van der Waals surface area contributed by atoms with Crippen LogP contribution >= 0.6 is 11.6 Å². The van der Waals surface area contributed by atoms with Crippen LogP contribution in [0.2, 0.25) is 0 Å². The van der Waals surface area contributed by atoms with Crippen LogP contribution in [0.25, 0.3) is 0 Å². The molecular formula is C21H29ClN2. The highest BCUT2D eigenvalue weighted by molar-refractivity contribution is 6.20. The van der Waals surface area contributed by atoms with E-state index in [1.54, 1.807) is 0 Å². The fourth-order valence-corrected chi connectivity index (χ4v) is 3.02. The summed E-state index contributed by atoms with van der Waals surface area (Å²) in [5.74, 6) is 0. The largest absolute Gasteiger partial charge is 0.375 e. The predicted molar refractivity (Wildman–Crippen MR) is 106 cm³/mol. The molecule has 0 bridgehead atoms. The standard InChI is InChI=1S/C21H29ClN2/c1-3-20(22)18-24(17-19-11-6-4-7-12-19)16-10-15-23(2)21-13-8-5-9-14-21/h4-9,11-14,20H,3,10,15-18H2,1-2H3. The zero-order chi connectivity index (χ0) is 17.2. The van der Waals surface area contributed by atoms with Crippen LogP contribution in [-0.2, 0) is 6.54 Å². The minimum absolute atomic E-state index is 0.223. The van der Waals surface area contributed by atoms with Gasteiger partial charge in [0.25, 0.3) is 0 Å². The van der Waals surface area contributed by atoms with E-state index in [1.165, 1.54) is 11.3 Å². The van der Waals surface area contributed by atoms with Gasteiger partial charge in [0.15, 0.2) is 0 Å². The van der Waals surface area contributed by atoms with Crippen LogP contribution in [-0.4, -0.2) is 37.0 Å². The minimum Gasteiger partial charge on any atom is -0.375 e. The summed E-state index contributed by atoms with van der Waals surface area (Å²) in [5.41, 5.74) is 2.63. The van der Waals surface area contributed by atoms with Gasteiger partial charge < -0.3 is 4.90 Å². The lowest BCUT2D eigenvalue weighted by atomic mass is 10.2. The number of para-hydroxylation sites is 1. The molecule has 0 fully saturated rings. The zero-order valence-electron chi connectivity index (χ0n) is 14.9. The fourth-order valence-electron chi connectivity index (χ4n) is 2.83. The SMILES string of the molecule is CCC(Cl)CN(CCCN(C)c1ccccc1)Cc1ccccc1. The van der Waals surface area contributed by atoms with Crippen molar-refractivity contribution in [2.24, 2.45) is 0 Å². The van der Waals surface area contributed by atoms with Gasteiger partial charge in [0.2, 0.25) is 0 Å². The smallest absolute Gasteiger partial charge is 0.0460 e. The molecule has 2 aromatic carbocycles. The minimum atomic E-state index is 0.223. The third-order valence-corrected chi connectivity index (χ3v) is 4.76. The predicted octanol–water partition coefficient (Wildman–Crippen LogP) is 5.03. The van der Waals surface area contributed by atoms with E-state index in [-0.39, 0.29) is 5.38 Å². The monoisotopic (exact) mass is 344 g/mol. The Labute approximate surface area is 152 Å². The van der Waals surface area contributed by atoms with E-state index in [4.69, 9.17) is 11.6 Å². The van der Waals surface area contributed by atoms with Gasteiger partial charge in [-0.05, 0) is 30.5 Å². The zero-order valence-corrected chi connectivity index (χ0v) is 15.6. The van der Waals surface area contributed by atoms with E-state index in [0.717, 1.165) is 39.0 Å². The van der Waals surface area contributed by atoms with Crippen molar-refractivity contribution in [3.05, 3.63) is 66.2 Å². The van der Waals surface area contributed by atoms with Gasteiger partial charge in [0, 0.05) is 44.3 Å². The molecule has 0 N–H and O–H groups in total. The maximum absolute atomic E-state index is 6.41. The Morgan fingerprint density at radius 2 is 1.54 bits per heavy atom. The van der Waals surface area contributed by atoms with E-state index < -0.39 is 0 Å². The first kappa shape index (κ1) is 18.8. The summed E-state index contributed by atoms with van der Waals surface area (Å²) in [6, 6.07) is 21.2. The first-order valence-electron chi connectivity index (χ1n) is 8.85. The fraction of sp³-hybridized carbons (Fsp3) is 0.429. The van der Waals surface area contributed by atoms with Gasteiger partial charge in [-0.1, -0.05) is 55.5 Å². The Balaban J connectivity index is 1.85. The van der Waals surface area contributed by atoms with Crippen LogP contribution in [0.3, 0.4) is 0 Å². The Hall–Kier alpha value is -1.51. The number of anilines is 1. The second-order valence-electron chi connectivity index (χ2n) is 6.34. The summed E-state index contributed by atoms with van der Waals surface area (Å²) in [5, 5.41) is 0.223. The lowest BCUT2D eigenvalue weighted by molar-refractivity contribution is 0.261. The number of rotatable bonds is 10. The lowest BCUT2D eigenvalue weighted by Crippen LogP contribution is -2.32. The summed E-state index contributed by atoms with van der Waals surface area (Å²) in [7, 11) is 2.16. The average Bonchev–Trinajstić information content (AvgIpc) is 2.63. The molecule has 0 aromatic heterocycles. The van der Waals surface area contributed by atoms with Crippen molar-refractivity contribution < 1.29 is 0 Å². The van der Waals surface area contributed by atoms with Crippen LogP contribution in [0, 0.1) is 0 Å². The maximum Gasteiger partial charge on any atom is 0.0460 e. The van der Waals surface area contributed by atoms with Gasteiger partial charge in [-0.3, -0.25) is 4.90 Å². The number of alkyl halides is 1. The molecule has 2 aromatic rings. The van der Waals surface area contributed by atoms with E-state index in [0.29, 0.717) is 0 Å². The molecule has 0 radical (unpaired) electrons. The van der Waals surface area contributed by atoms with Crippen molar-refractivity contribution in [2.75, 3.05) is 31.6 Å². The molecule has 2 rings (SSSR count). The third kappa shape index (κ3) is 6.54. The molecule has 1 atom stereocenters. The summed E-state index contributed by atoms with van der Waals surface area (Å²) in [6.07, 6.45) is 2.14. The van der Waals surface area contributed by atoms with E-state index in [9.17, 15) is 0 Å². The van der Waals surface area contributed by atoms with Crippen molar-refractivity contribution in [1.82, 2.24) is 4.90 Å². The first-order valence-corrected chi connectivity index (χ1v) is 9.29. The first-order chi connectivity index (χ1) is 11.7. The van der Waals surface area contributed by atoms with Crippen LogP contribution in [0.15, 0.2) is 60.7 Å². The van der Waals surface area contributed by atoms with Crippen molar-refractivity contribution in [1.29, 1.82) is 0 Å². The normalized spacial score (nSPS) is 12.3. The molecule has 0 aliphatic heterocycles. The van der Waals surface area contributed by atoms with E-state index in [2.05, 4.69) is 84.4 Å². The number of benzene rings is 2.